The minimum atomic E-state index is 0.351. The maximum absolute atomic E-state index is 13.1. The molecule has 3 nitrogen and oxygen atoms in total. The van der Waals surface area contributed by atoms with E-state index in [9.17, 15) is 4.79 Å². The van der Waals surface area contributed by atoms with Crippen LogP contribution in [0.2, 0.25) is 0 Å². The largest absolute Gasteiger partial charge is 0.345 e. The maximum atomic E-state index is 13.1. The number of rotatable bonds is 9. The van der Waals surface area contributed by atoms with Crippen LogP contribution >= 0.6 is 0 Å². The molecule has 1 amide bonds. The number of hydrogen-bond acceptors (Lipinski definition) is 1. The van der Waals surface area contributed by atoms with E-state index < -0.39 is 0 Å². The third kappa shape index (κ3) is 5.50. The maximum Gasteiger partial charge on any atom is 0.223 e. The van der Waals surface area contributed by atoms with E-state index in [0.717, 1.165) is 45.2 Å². The van der Waals surface area contributed by atoms with Crippen LogP contribution in [-0.2, 0) is 17.9 Å². The topological polar surface area (TPSA) is 25.2 Å². The Labute approximate surface area is 170 Å². The molecule has 3 heteroatoms. The number of aryl methyl sites for hydroxylation is 1. The van der Waals surface area contributed by atoms with Gasteiger partial charge < -0.3 is 9.47 Å². The quantitative estimate of drug-likeness (QED) is 0.483. The number of unbranched alkanes of at least 4 members (excludes halogenated alkanes) is 2. The van der Waals surface area contributed by atoms with Gasteiger partial charge in [-0.05, 0) is 49.4 Å². The number of amides is 1. The molecule has 1 aromatic carbocycles. The molecule has 3 rings (SSSR count). The highest BCUT2D eigenvalue weighted by atomic mass is 16.2. The molecule has 0 radical (unpaired) electrons. The summed E-state index contributed by atoms with van der Waals surface area (Å²) in [6.07, 6.45) is 12.3. The van der Waals surface area contributed by atoms with Gasteiger partial charge in [0.25, 0.3) is 0 Å². The van der Waals surface area contributed by atoms with Crippen LogP contribution in [0.3, 0.4) is 0 Å². The molecule has 0 bridgehead atoms. The molecular formula is C25H36N2O. The molecule has 1 saturated carbocycles. The van der Waals surface area contributed by atoms with Crippen LogP contribution in [0.15, 0.2) is 42.6 Å². The van der Waals surface area contributed by atoms with Crippen molar-refractivity contribution in [3.63, 3.8) is 0 Å². The van der Waals surface area contributed by atoms with Crippen LogP contribution in [0.5, 0.6) is 0 Å². The highest BCUT2D eigenvalue weighted by molar-refractivity contribution is 5.76. The second-order valence-electron chi connectivity index (χ2n) is 8.32. The molecule has 0 unspecified atom stereocenters. The van der Waals surface area contributed by atoms with Gasteiger partial charge in [-0.1, -0.05) is 63.3 Å². The summed E-state index contributed by atoms with van der Waals surface area (Å²) in [5.41, 5.74) is 3.91. The van der Waals surface area contributed by atoms with Crippen LogP contribution in [-0.4, -0.2) is 21.4 Å². The fraction of sp³-hybridized carbons (Fsp3) is 0.560. The fourth-order valence-electron chi connectivity index (χ4n) is 4.38. The van der Waals surface area contributed by atoms with Gasteiger partial charge in [-0.15, -0.1) is 0 Å². The van der Waals surface area contributed by atoms with E-state index in [0.29, 0.717) is 18.4 Å². The lowest BCUT2D eigenvalue weighted by molar-refractivity contribution is -0.135. The molecule has 1 aliphatic rings. The van der Waals surface area contributed by atoms with E-state index in [-0.39, 0.29) is 0 Å². The first kappa shape index (κ1) is 20.7. The number of nitrogens with zero attached hydrogens (tertiary/aromatic N) is 2. The van der Waals surface area contributed by atoms with Gasteiger partial charge in [0.05, 0.1) is 6.54 Å². The summed E-state index contributed by atoms with van der Waals surface area (Å²) in [5.74, 6) is 0.351. The molecule has 1 fully saturated rings. The third-order valence-corrected chi connectivity index (χ3v) is 6.19. The smallest absolute Gasteiger partial charge is 0.223 e. The first-order valence-corrected chi connectivity index (χ1v) is 11.2. The summed E-state index contributed by atoms with van der Waals surface area (Å²) in [6.45, 7) is 5.98. The number of benzene rings is 1. The van der Waals surface area contributed by atoms with Gasteiger partial charge in [0.1, 0.15) is 0 Å². The van der Waals surface area contributed by atoms with Crippen molar-refractivity contribution >= 4 is 5.91 Å². The van der Waals surface area contributed by atoms with Crippen LogP contribution in [0.25, 0.3) is 0 Å². The molecule has 0 saturated heterocycles. The van der Waals surface area contributed by atoms with E-state index in [1.165, 1.54) is 36.1 Å². The van der Waals surface area contributed by atoms with Gasteiger partial charge in [-0.3, -0.25) is 4.79 Å². The Morgan fingerprint density at radius 2 is 1.86 bits per heavy atom. The second-order valence-corrected chi connectivity index (χ2v) is 8.32. The molecule has 1 aromatic heterocycles. The van der Waals surface area contributed by atoms with Gasteiger partial charge in [0, 0.05) is 30.9 Å². The van der Waals surface area contributed by atoms with Gasteiger partial charge in [0.2, 0.25) is 5.91 Å². The zero-order valence-electron chi connectivity index (χ0n) is 17.7. The average molecular weight is 381 g/mol. The summed E-state index contributed by atoms with van der Waals surface area (Å²) in [7, 11) is 0. The highest BCUT2D eigenvalue weighted by Crippen LogP contribution is 2.26. The fourth-order valence-corrected chi connectivity index (χ4v) is 4.38. The highest BCUT2D eigenvalue weighted by Gasteiger charge is 2.26. The van der Waals surface area contributed by atoms with E-state index >= 15 is 0 Å². The van der Waals surface area contributed by atoms with Crippen LogP contribution < -0.4 is 0 Å². The molecule has 28 heavy (non-hydrogen) atoms. The molecule has 0 aliphatic heterocycles. The molecule has 0 atom stereocenters. The number of aromatic nitrogens is 1. The SMILES string of the molecule is CCCCCC(=O)N(Cc1cccn1Cc1ccccc1C)C1CCCCC1. The van der Waals surface area contributed by atoms with E-state index in [1.807, 2.05) is 0 Å². The molecule has 1 aliphatic carbocycles. The van der Waals surface area contributed by atoms with Crippen molar-refractivity contribution in [1.82, 2.24) is 9.47 Å². The molecule has 152 valence electrons. The molecular weight excluding hydrogens is 344 g/mol. The van der Waals surface area contributed by atoms with Crippen LogP contribution in [0.4, 0.5) is 0 Å². The normalized spacial score (nSPS) is 14.9. The predicted molar refractivity (Wildman–Crippen MR) is 116 cm³/mol. The Hall–Kier alpha value is -2.03. The summed E-state index contributed by atoms with van der Waals surface area (Å²) in [4.78, 5) is 15.3. The van der Waals surface area contributed by atoms with Gasteiger partial charge in [-0.25, -0.2) is 0 Å². The number of carbonyl (C=O) groups excluding carboxylic acids is 1. The van der Waals surface area contributed by atoms with Crippen molar-refractivity contribution in [3.05, 3.63) is 59.4 Å². The Morgan fingerprint density at radius 1 is 1.07 bits per heavy atom. The van der Waals surface area contributed by atoms with Gasteiger partial charge in [0.15, 0.2) is 0 Å². The van der Waals surface area contributed by atoms with E-state index in [2.05, 4.69) is 65.9 Å². The zero-order valence-corrected chi connectivity index (χ0v) is 17.7. The number of hydrogen-bond donors (Lipinski definition) is 0. The lowest BCUT2D eigenvalue weighted by atomic mass is 9.93. The summed E-state index contributed by atoms with van der Waals surface area (Å²) in [5, 5.41) is 0. The van der Waals surface area contributed by atoms with Gasteiger partial charge >= 0.3 is 0 Å². The molecule has 0 N–H and O–H groups in total. The van der Waals surface area contributed by atoms with E-state index in [1.54, 1.807) is 0 Å². The standard InChI is InChI=1S/C25H36N2O/c1-3-4-6-17-25(28)27(23-14-7-5-8-15-23)20-24-16-11-18-26(24)19-22-13-10-9-12-21(22)2/h9-13,16,18,23H,3-8,14-15,17,19-20H2,1-2H3. The summed E-state index contributed by atoms with van der Waals surface area (Å²) in [6, 6.07) is 13.3. The minimum Gasteiger partial charge on any atom is -0.345 e. The van der Waals surface area contributed by atoms with Crippen molar-refractivity contribution < 1.29 is 4.79 Å². The second kappa shape index (κ2) is 10.5. The average Bonchev–Trinajstić information content (AvgIpc) is 3.15. The van der Waals surface area contributed by atoms with Crippen molar-refractivity contribution in [3.8, 4) is 0 Å². The van der Waals surface area contributed by atoms with E-state index in [4.69, 9.17) is 0 Å². The summed E-state index contributed by atoms with van der Waals surface area (Å²) >= 11 is 0. The molecule has 2 aromatic rings. The van der Waals surface area contributed by atoms with Crippen molar-refractivity contribution in [2.24, 2.45) is 0 Å². The Kier molecular flexibility index (Phi) is 7.76. The van der Waals surface area contributed by atoms with Crippen molar-refractivity contribution in [2.75, 3.05) is 0 Å². The Bertz CT molecular complexity index is 743. The number of carbonyl (C=O) groups is 1. The van der Waals surface area contributed by atoms with Crippen molar-refractivity contribution in [1.29, 1.82) is 0 Å². The third-order valence-electron chi connectivity index (χ3n) is 6.19. The summed E-state index contributed by atoms with van der Waals surface area (Å²) < 4.78 is 2.32. The first-order valence-electron chi connectivity index (χ1n) is 11.2. The van der Waals surface area contributed by atoms with Crippen LogP contribution in [0, 0.1) is 6.92 Å². The lowest BCUT2D eigenvalue weighted by Gasteiger charge is -2.35. The lowest BCUT2D eigenvalue weighted by Crippen LogP contribution is -2.41. The predicted octanol–water partition coefficient (Wildman–Crippen LogP) is 6.09. The first-order chi connectivity index (χ1) is 13.7. The zero-order chi connectivity index (χ0) is 19.8. The Morgan fingerprint density at radius 3 is 2.61 bits per heavy atom. The Balaban J connectivity index is 1.74. The molecule has 0 spiro atoms. The molecule has 1 heterocycles. The van der Waals surface area contributed by atoms with Gasteiger partial charge in [-0.2, -0.15) is 0 Å². The monoisotopic (exact) mass is 380 g/mol. The van der Waals surface area contributed by atoms with Crippen molar-refractivity contribution in [2.45, 2.75) is 90.8 Å². The van der Waals surface area contributed by atoms with Crippen LogP contribution in [0.1, 0.15) is 81.5 Å². The minimum absolute atomic E-state index is 0.351.